The highest BCUT2D eigenvalue weighted by Gasteiger charge is 2.25. The van der Waals surface area contributed by atoms with Gasteiger partial charge in [0.05, 0.1) is 0 Å². The SMILES string of the molecule is CCc1nc(N2CCC(CC(=O)O)C2)cc(=O)[nH]1. The number of carboxylic acids is 1. The summed E-state index contributed by atoms with van der Waals surface area (Å²) in [5.74, 6) is 0.700. The molecule has 2 N–H and O–H groups in total. The molecule has 0 aliphatic carbocycles. The van der Waals surface area contributed by atoms with Crippen LogP contribution in [0.2, 0.25) is 0 Å². The van der Waals surface area contributed by atoms with E-state index in [0.717, 1.165) is 13.0 Å². The summed E-state index contributed by atoms with van der Waals surface area (Å²) in [6.45, 7) is 3.35. The first-order valence-corrected chi connectivity index (χ1v) is 6.15. The van der Waals surface area contributed by atoms with Crippen molar-refractivity contribution in [3.8, 4) is 0 Å². The maximum atomic E-state index is 11.5. The van der Waals surface area contributed by atoms with E-state index >= 15 is 0 Å². The first-order valence-electron chi connectivity index (χ1n) is 6.15. The Labute approximate surface area is 105 Å². The average molecular weight is 251 g/mol. The number of nitrogens with zero attached hydrogens (tertiary/aromatic N) is 2. The van der Waals surface area contributed by atoms with E-state index in [1.54, 1.807) is 0 Å². The van der Waals surface area contributed by atoms with Crippen molar-refractivity contribution < 1.29 is 9.90 Å². The van der Waals surface area contributed by atoms with Gasteiger partial charge < -0.3 is 15.0 Å². The van der Waals surface area contributed by atoms with Crippen molar-refractivity contribution in [1.82, 2.24) is 9.97 Å². The third-order valence-corrected chi connectivity index (χ3v) is 3.19. The Kier molecular flexibility index (Phi) is 3.64. The largest absolute Gasteiger partial charge is 0.481 e. The van der Waals surface area contributed by atoms with Gasteiger partial charge in [0.2, 0.25) is 0 Å². The quantitative estimate of drug-likeness (QED) is 0.819. The molecule has 18 heavy (non-hydrogen) atoms. The number of H-pyrrole nitrogens is 1. The summed E-state index contributed by atoms with van der Waals surface area (Å²) in [7, 11) is 0. The Balaban J connectivity index is 2.11. The molecule has 0 amide bonds. The van der Waals surface area contributed by atoms with Crippen LogP contribution in [0.15, 0.2) is 10.9 Å². The van der Waals surface area contributed by atoms with Gasteiger partial charge in [-0.2, -0.15) is 0 Å². The Hall–Kier alpha value is -1.85. The molecule has 6 nitrogen and oxygen atoms in total. The first kappa shape index (κ1) is 12.6. The number of nitrogens with one attached hydrogen (secondary N) is 1. The lowest BCUT2D eigenvalue weighted by molar-refractivity contribution is -0.137. The Bertz CT molecular complexity index is 498. The summed E-state index contributed by atoms with van der Waals surface area (Å²) in [5, 5.41) is 8.77. The molecule has 0 bridgehead atoms. The third-order valence-electron chi connectivity index (χ3n) is 3.19. The van der Waals surface area contributed by atoms with Crippen LogP contribution in [0.5, 0.6) is 0 Å². The molecule has 1 aliphatic rings. The number of carbonyl (C=O) groups is 1. The van der Waals surface area contributed by atoms with Gasteiger partial charge in [0.15, 0.2) is 0 Å². The van der Waals surface area contributed by atoms with E-state index in [-0.39, 0.29) is 17.9 Å². The van der Waals surface area contributed by atoms with Gasteiger partial charge >= 0.3 is 5.97 Å². The summed E-state index contributed by atoms with van der Waals surface area (Å²) in [5.41, 5.74) is -0.154. The lowest BCUT2D eigenvalue weighted by Crippen LogP contribution is -2.24. The zero-order valence-electron chi connectivity index (χ0n) is 10.3. The highest BCUT2D eigenvalue weighted by Crippen LogP contribution is 2.23. The summed E-state index contributed by atoms with van der Waals surface area (Å²) >= 11 is 0. The highest BCUT2D eigenvalue weighted by atomic mass is 16.4. The van der Waals surface area contributed by atoms with Crippen molar-refractivity contribution in [3.63, 3.8) is 0 Å². The Morgan fingerprint density at radius 2 is 2.44 bits per heavy atom. The molecule has 1 fully saturated rings. The average Bonchev–Trinajstić information content (AvgIpc) is 2.75. The molecule has 1 saturated heterocycles. The number of aliphatic carboxylic acids is 1. The highest BCUT2D eigenvalue weighted by molar-refractivity contribution is 5.67. The van der Waals surface area contributed by atoms with Crippen molar-refractivity contribution in [1.29, 1.82) is 0 Å². The van der Waals surface area contributed by atoms with Crippen molar-refractivity contribution >= 4 is 11.8 Å². The van der Waals surface area contributed by atoms with Crippen LogP contribution in [0, 0.1) is 5.92 Å². The Morgan fingerprint density at radius 1 is 1.67 bits per heavy atom. The molecule has 2 rings (SSSR count). The zero-order valence-corrected chi connectivity index (χ0v) is 10.3. The van der Waals surface area contributed by atoms with Crippen LogP contribution in [0.3, 0.4) is 0 Å². The summed E-state index contributed by atoms with van der Waals surface area (Å²) in [6.07, 6.45) is 1.69. The molecule has 2 heterocycles. The van der Waals surface area contributed by atoms with E-state index in [1.807, 2.05) is 11.8 Å². The minimum absolute atomic E-state index is 0.147. The summed E-state index contributed by atoms with van der Waals surface area (Å²) < 4.78 is 0. The van der Waals surface area contributed by atoms with Crippen molar-refractivity contribution in [3.05, 3.63) is 22.2 Å². The monoisotopic (exact) mass is 251 g/mol. The molecule has 1 atom stereocenters. The first-order chi connectivity index (χ1) is 8.58. The molecular weight excluding hydrogens is 234 g/mol. The van der Waals surface area contributed by atoms with Gasteiger partial charge in [-0.1, -0.05) is 6.92 Å². The number of aromatic nitrogens is 2. The van der Waals surface area contributed by atoms with Gasteiger partial charge in [0.1, 0.15) is 11.6 Å². The summed E-state index contributed by atoms with van der Waals surface area (Å²) in [6, 6.07) is 1.47. The number of aryl methyl sites for hydroxylation is 1. The Morgan fingerprint density at radius 3 is 3.11 bits per heavy atom. The number of carboxylic acid groups (broad SMARTS) is 1. The molecule has 0 saturated carbocycles. The van der Waals surface area contributed by atoms with E-state index in [0.29, 0.717) is 24.6 Å². The zero-order chi connectivity index (χ0) is 13.1. The van der Waals surface area contributed by atoms with Crippen LogP contribution in [0.4, 0.5) is 5.82 Å². The fraction of sp³-hybridized carbons (Fsp3) is 0.583. The number of hydrogen-bond acceptors (Lipinski definition) is 4. The molecular formula is C12H17N3O3. The molecule has 1 aromatic rings. The predicted octanol–water partition coefficient (Wildman–Crippen LogP) is 0.633. The number of aromatic amines is 1. The lowest BCUT2D eigenvalue weighted by atomic mass is 10.1. The standard InChI is InChI=1S/C12H17N3O3/c1-2-9-13-10(6-11(16)14-9)15-4-3-8(7-15)5-12(17)18/h6,8H,2-5,7H2,1H3,(H,17,18)(H,13,14,16). The van der Waals surface area contributed by atoms with Crippen LogP contribution in [0.25, 0.3) is 0 Å². The van der Waals surface area contributed by atoms with Crippen molar-refractivity contribution in [2.45, 2.75) is 26.2 Å². The van der Waals surface area contributed by atoms with E-state index in [4.69, 9.17) is 5.11 Å². The van der Waals surface area contributed by atoms with Crippen LogP contribution in [0.1, 0.15) is 25.6 Å². The van der Waals surface area contributed by atoms with Crippen LogP contribution in [-0.2, 0) is 11.2 Å². The molecule has 1 aliphatic heterocycles. The predicted molar refractivity (Wildman–Crippen MR) is 66.8 cm³/mol. The second-order valence-corrected chi connectivity index (χ2v) is 4.60. The van der Waals surface area contributed by atoms with Crippen LogP contribution in [-0.4, -0.2) is 34.1 Å². The molecule has 6 heteroatoms. The molecule has 98 valence electrons. The van der Waals surface area contributed by atoms with Gasteiger partial charge in [-0.05, 0) is 12.3 Å². The van der Waals surface area contributed by atoms with E-state index < -0.39 is 5.97 Å². The number of anilines is 1. The fourth-order valence-corrected chi connectivity index (χ4v) is 2.28. The van der Waals surface area contributed by atoms with E-state index in [9.17, 15) is 9.59 Å². The second kappa shape index (κ2) is 5.20. The number of rotatable bonds is 4. The fourth-order valence-electron chi connectivity index (χ4n) is 2.28. The minimum Gasteiger partial charge on any atom is -0.481 e. The third kappa shape index (κ3) is 2.88. The maximum absolute atomic E-state index is 11.5. The van der Waals surface area contributed by atoms with Gasteiger partial charge in [0, 0.05) is 32.0 Å². The van der Waals surface area contributed by atoms with Gasteiger partial charge in [-0.3, -0.25) is 9.59 Å². The summed E-state index contributed by atoms with van der Waals surface area (Å²) in [4.78, 5) is 31.2. The molecule has 1 aromatic heterocycles. The second-order valence-electron chi connectivity index (χ2n) is 4.60. The van der Waals surface area contributed by atoms with Crippen LogP contribution >= 0.6 is 0 Å². The van der Waals surface area contributed by atoms with Crippen molar-refractivity contribution in [2.24, 2.45) is 5.92 Å². The van der Waals surface area contributed by atoms with E-state index in [2.05, 4.69) is 9.97 Å². The van der Waals surface area contributed by atoms with Crippen LogP contribution < -0.4 is 10.5 Å². The van der Waals surface area contributed by atoms with Crippen molar-refractivity contribution in [2.75, 3.05) is 18.0 Å². The van der Waals surface area contributed by atoms with Gasteiger partial charge in [-0.25, -0.2) is 4.98 Å². The molecule has 0 aromatic carbocycles. The number of hydrogen-bond donors (Lipinski definition) is 2. The molecule has 1 unspecified atom stereocenters. The normalized spacial score (nSPS) is 19.2. The maximum Gasteiger partial charge on any atom is 0.303 e. The van der Waals surface area contributed by atoms with E-state index in [1.165, 1.54) is 6.07 Å². The smallest absolute Gasteiger partial charge is 0.303 e. The molecule has 0 radical (unpaired) electrons. The minimum atomic E-state index is -0.769. The van der Waals surface area contributed by atoms with Gasteiger partial charge in [-0.15, -0.1) is 0 Å². The molecule has 0 spiro atoms. The van der Waals surface area contributed by atoms with Gasteiger partial charge in [0.25, 0.3) is 5.56 Å². The topological polar surface area (TPSA) is 86.3 Å². The lowest BCUT2D eigenvalue weighted by Gasteiger charge is -2.17.